The van der Waals surface area contributed by atoms with Crippen LogP contribution in [0.15, 0.2) is 41.7 Å². The van der Waals surface area contributed by atoms with Crippen LogP contribution in [0.2, 0.25) is 0 Å². The number of allylic oxidation sites excluding steroid dienone is 2. The molecule has 6 heteroatoms. The fourth-order valence-corrected chi connectivity index (χ4v) is 4.56. The molecule has 154 valence electrons. The van der Waals surface area contributed by atoms with Crippen LogP contribution in [0, 0.1) is 4.64 Å². The molecule has 6 N–H and O–H groups in total. The zero-order chi connectivity index (χ0) is 20.0. The second-order valence-electron chi connectivity index (χ2n) is 8.33. The summed E-state index contributed by atoms with van der Waals surface area (Å²) in [6.45, 7) is 4.09. The molecule has 1 saturated carbocycles. The van der Waals surface area contributed by atoms with Crippen LogP contribution in [-0.2, 0) is 0 Å². The first kappa shape index (κ1) is 20.9. The van der Waals surface area contributed by atoms with Crippen LogP contribution in [0.3, 0.4) is 0 Å². The first-order chi connectivity index (χ1) is 13.5. The summed E-state index contributed by atoms with van der Waals surface area (Å²) in [4.78, 5) is 5.56. The number of hydrogen-bond acceptors (Lipinski definition) is 5. The first-order valence-electron chi connectivity index (χ1n) is 10.6. The minimum Gasteiger partial charge on any atom is -0.385 e. The highest BCUT2D eigenvalue weighted by molar-refractivity contribution is 7.71. The lowest BCUT2D eigenvalue weighted by molar-refractivity contribution is 0.297. The zero-order valence-electron chi connectivity index (χ0n) is 17.0. The van der Waals surface area contributed by atoms with Gasteiger partial charge in [0.2, 0.25) is 0 Å². The van der Waals surface area contributed by atoms with Crippen molar-refractivity contribution in [3.63, 3.8) is 0 Å². The largest absolute Gasteiger partial charge is 0.385 e. The number of aromatic amines is 1. The van der Waals surface area contributed by atoms with E-state index in [1.165, 1.54) is 25.7 Å². The Morgan fingerprint density at radius 1 is 1.36 bits per heavy atom. The van der Waals surface area contributed by atoms with Gasteiger partial charge in [-0.25, -0.2) is 0 Å². The third kappa shape index (κ3) is 5.61. The summed E-state index contributed by atoms with van der Waals surface area (Å²) in [5, 5.41) is 3.42. The maximum atomic E-state index is 6.53. The van der Waals surface area contributed by atoms with E-state index in [0.29, 0.717) is 6.04 Å². The molecular formula is C22H35N5S. The van der Waals surface area contributed by atoms with Gasteiger partial charge in [-0.1, -0.05) is 43.3 Å². The van der Waals surface area contributed by atoms with Gasteiger partial charge in [-0.15, -0.1) is 0 Å². The molecule has 1 atom stereocenters. The molecule has 1 aliphatic heterocycles. The Morgan fingerprint density at radius 3 is 2.89 bits per heavy atom. The van der Waals surface area contributed by atoms with Crippen molar-refractivity contribution in [2.45, 2.75) is 69.9 Å². The summed E-state index contributed by atoms with van der Waals surface area (Å²) < 4.78 is 0.755. The number of rotatable bonds is 8. The van der Waals surface area contributed by atoms with Crippen molar-refractivity contribution in [3.05, 3.63) is 46.4 Å². The summed E-state index contributed by atoms with van der Waals surface area (Å²) in [5.41, 5.74) is 14.0. The number of aromatic nitrogens is 1. The Balaban J connectivity index is 1.51. The van der Waals surface area contributed by atoms with Crippen LogP contribution >= 0.6 is 12.2 Å². The van der Waals surface area contributed by atoms with Crippen molar-refractivity contribution in [3.8, 4) is 0 Å². The molecule has 2 heterocycles. The molecule has 3 rings (SSSR count). The second-order valence-corrected chi connectivity index (χ2v) is 8.77. The van der Waals surface area contributed by atoms with E-state index >= 15 is 0 Å². The average molecular weight is 402 g/mol. The second kappa shape index (κ2) is 9.61. The van der Waals surface area contributed by atoms with Crippen molar-refractivity contribution in [1.29, 1.82) is 0 Å². The molecule has 0 aromatic carbocycles. The highest BCUT2D eigenvalue weighted by Gasteiger charge is 2.27. The Bertz CT molecular complexity index is 760. The van der Waals surface area contributed by atoms with Crippen molar-refractivity contribution < 1.29 is 0 Å². The molecule has 0 amide bonds. The molecule has 1 saturated heterocycles. The van der Waals surface area contributed by atoms with Crippen molar-refractivity contribution in [1.82, 2.24) is 9.88 Å². The summed E-state index contributed by atoms with van der Waals surface area (Å²) in [5.74, 6) is 1.90. The number of nitrogens with one attached hydrogen (secondary N) is 2. The van der Waals surface area contributed by atoms with E-state index < -0.39 is 0 Å². The number of hydrogen-bond donors (Lipinski definition) is 4. The maximum Gasteiger partial charge on any atom is 0.104 e. The molecule has 0 bridgehead atoms. The topological polar surface area (TPSA) is 83.1 Å². The smallest absolute Gasteiger partial charge is 0.104 e. The first-order valence-corrected chi connectivity index (χ1v) is 11.0. The average Bonchev–Trinajstić information content (AvgIpc) is 3.32. The monoisotopic (exact) mass is 401 g/mol. The predicted octanol–water partition coefficient (Wildman–Crippen LogP) is 4.42. The summed E-state index contributed by atoms with van der Waals surface area (Å²) in [6.07, 6.45) is 13.6. The molecule has 1 unspecified atom stereocenters. The van der Waals surface area contributed by atoms with Gasteiger partial charge >= 0.3 is 0 Å². The van der Waals surface area contributed by atoms with Crippen LogP contribution in [0.5, 0.6) is 0 Å². The number of pyridine rings is 1. The predicted molar refractivity (Wildman–Crippen MR) is 120 cm³/mol. The summed E-state index contributed by atoms with van der Waals surface area (Å²) in [6, 6.07) is 6.40. The van der Waals surface area contributed by atoms with E-state index in [0.717, 1.165) is 60.6 Å². The molecule has 0 spiro atoms. The Morgan fingerprint density at radius 2 is 2.14 bits per heavy atom. The van der Waals surface area contributed by atoms with E-state index in [9.17, 15) is 0 Å². The Hall–Kier alpha value is -1.79. The fourth-order valence-electron chi connectivity index (χ4n) is 4.37. The number of likely N-dealkylation sites (tertiary alicyclic amines) is 1. The lowest BCUT2D eigenvalue weighted by Crippen LogP contribution is -2.34. The highest BCUT2D eigenvalue weighted by Crippen LogP contribution is 2.29. The number of nitrogens with zero attached hydrogens (tertiary/aromatic N) is 1. The maximum absolute atomic E-state index is 6.53. The van der Waals surface area contributed by atoms with Crippen LogP contribution < -0.4 is 16.8 Å². The van der Waals surface area contributed by atoms with E-state index in [1.54, 1.807) is 0 Å². The van der Waals surface area contributed by atoms with Gasteiger partial charge in [0.1, 0.15) is 16.3 Å². The van der Waals surface area contributed by atoms with Crippen LogP contribution in [0.4, 0.5) is 5.82 Å². The lowest BCUT2D eigenvalue weighted by Gasteiger charge is -2.28. The van der Waals surface area contributed by atoms with E-state index in [2.05, 4.69) is 34.3 Å². The molecule has 0 radical (unpaired) electrons. The molecule has 1 aliphatic carbocycles. The van der Waals surface area contributed by atoms with E-state index in [1.807, 2.05) is 18.2 Å². The van der Waals surface area contributed by atoms with Crippen molar-refractivity contribution in [2.75, 3.05) is 18.4 Å². The molecule has 28 heavy (non-hydrogen) atoms. The summed E-state index contributed by atoms with van der Waals surface area (Å²) in [7, 11) is 0. The van der Waals surface area contributed by atoms with Gasteiger partial charge in [0.15, 0.2) is 0 Å². The van der Waals surface area contributed by atoms with Crippen LogP contribution in [-0.4, -0.2) is 34.6 Å². The Kier molecular flexibility index (Phi) is 7.18. The van der Waals surface area contributed by atoms with Gasteiger partial charge in [-0.3, -0.25) is 0 Å². The van der Waals surface area contributed by atoms with Gasteiger partial charge < -0.3 is 26.7 Å². The minimum atomic E-state index is -0.128. The molecule has 2 aliphatic rings. The van der Waals surface area contributed by atoms with Gasteiger partial charge in [0.25, 0.3) is 0 Å². The number of nitrogens with two attached hydrogens (primary N) is 2. The standard InChI is InChI=1S/C22H35N5S/c1-17(11-14-22(24)12-2-3-13-22)21(23)27-16-6-8-18(27)7-5-15-25-19-9-4-10-20(28)26-19/h4,9-11,14,18H,2-3,5-8,12-13,15-16,23-24H2,1H3,(H2,25,26,28)/b14-11-,21-17+. The Labute approximate surface area is 174 Å². The molecule has 1 aromatic heterocycles. The van der Waals surface area contributed by atoms with Gasteiger partial charge in [0, 0.05) is 24.7 Å². The minimum absolute atomic E-state index is 0.128. The van der Waals surface area contributed by atoms with Gasteiger partial charge in [-0.05, 0) is 63.2 Å². The van der Waals surface area contributed by atoms with Crippen molar-refractivity contribution >= 4 is 18.0 Å². The SMILES string of the molecule is CC(/C=C\C1(N)CCCC1)=C(/N)N1CCCC1CCCNc1cccc(=S)[nH]1. The third-order valence-corrected chi connectivity index (χ3v) is 6.33. The third-order valence-electron chi connectivity index (χ3n) is 6.09. The number of anilines is 1. The van der Waals surface area contributed by atoms with Gasteiger partial charge in [0.05, 0.1) is 0 Å². The van der Waals surface area contributed by atoms with E-state index in [-0.39, 0.29) is 5.54 Å². The molecule has 1 aromatic rings. The fraction of sp³-hybridized carbons (Fsp3) is 0.591. The zero-order valence-corrected chi connectivity index (χ0v) is 17.9. The molecule has 2 fully saturated rings. The van der Waals surface area contributed by atoms with Crippen LogP contribution in [0.1, 0.15) is 58.3 Å². The van der Waals surface area contributed by atoms with Crippen LogP contribution in [0.25, 0.3) is 0 Å². The summed E-state index contributed by atoms with van der Waals surface area (Å²) >= 11 is 5.16. The molecular weight excluding hydrogens is 366 g/mol. The number of H-pyrrole nitrogens is 1. The highest BCUT2D eigenvalue weighted by atomic mass is 32.1. The van der Waals surface area contributed by atoms with E-state index in [4.69, 9.17) is 23.7 Å². The quantitative estimate of drug-likeness (QED) is 0.294. The van der Waals surface area contributed by atoms with Crippen molar-refractivity contribution in [2.24, 2.45) is 11.5 Å². The lowest BCUT2D eigenvalue weighted by atomic mass is 9.97. The van der Waals surface area contributed by atoms with Gasteiger partial charge in [-0.2, -0.15) is 0 Å². The molecule has 5 nitrogen and oxygen atoms in total. The normalized spacial score (nSPS) is 22.6.